The van der Waals surface area contributed by atoms with Crippen LogP contribution in [0.4, 0.5) is 0 Å². The predicted molar refractivity (Wildman–Crippen MR) is 225 cm³/mol. The number of aryl methyl sites for hydroxylation is 6. The van der Waals surface area contributed by atoms with E-state index in [-0.39, 0.29) is 0 Å². The molecule has 6 rings (SSSR count). The molecule has 0 aliphatic rings. The quantitative estimate of drug-likeness (QED) is 0.0956. The van der Waals surface area contributed by atoms with Crippen molar-refractivity contribution in [3.8, 4) is 22.3 Å². The molecule has 0 amide bonds. The van der Waals surface area contributed by atoms with Crippen LogP contribution in [-0.2, 0) is 46.5 Å². The summed E-state index contributed by atoms with van der Waals surface area (Å²) in [5.41, 5.74) is 14.4. The number of benzene rings is 4. The van der Waals surface area contributed by atoms with E-state index in [1.54, 1.807) is 0 Å². The summed E-state index contributed by atoms with van der Waals surface area (Å²) >= 11 is -0.826. The van der Waals surface area contributed by atoms with Gasteiger partial charge in [0.2, 0.25) is 0 Å². The van der Waals surface area contributed by atoms with E-state index in [1.807, 2.05) is 0 Å². The molecule has 0 bridgehead atoms. The molecule has 2 radical (unpaired) electrons. The van der Waals surface area contributed by atoms with E-state index in [2.05, 4.69) is 152 Å². The van der Waals surface area contributed by atoms with Crippen LogP contribution in [0.3, 0.4) is 0 Å². The summed E-state index contributed by atoms with van der Waals surface area (Å²) in [5.74, 6) is 0. The van der Waals surface area contributed by atoms with Crippen LogP contribution < -0.4 is 0 Å². The van der Waals surface area contributed by atoms with Gasteiger partial charge in [0.05, 0.1) is 0 Å². The second-order valence-electron chi connectivity index (χ2n) is 13.1. The summed E-state index contributed by atoms with van der Waals surface area (Å²) in [5, 5.41) is 5.65. The summed E-state index contributed by atoms with van der Waals surface area (Å²) < 4.78 is 0. The predicted octanol–water partition coefficient (Wildman–Crippen LogP) is 15.0. The zero-order valence-electron chi connectivity index (χ0n) is 31.7. The monoisotopic (exact) mass is 796 g/mol. The second-order valence-corrected chi connectivity index (χ2v) is 17.9. The van der Waals surface area contributed by atoms with Gasteiger partial charge in [0.25, 0.3) is 0 Å². The molecule has 0 saturated heterocycles. The molecule has 0 fully saturated rings. The van der Waals surface area contributed by atoms with Gasteiger partial charge in [0.15, 0.2) is 0 Å². The third kappa shape index (κ3) is 11.4. The first-order chi connectivity index (χ1) is 24.3. The molecule has 0 aliphatic heterocycles. The molecule has 0 N–H and O–H groups in total. The summed E-state index contributed by atoms with van der Waals surface area (Å²) in [6.45, 7) is 17.8. The van der Waals surface area contributed by atoms with Crippen molar-refractivity contribution in [2.24, 2.45) is 0 Å². The molecule has 4 heteroatoms. The molecule has 0 unspecified atom stereocenters. The van der Waals surface area contributed by atoms with Crippen LogP contribution in [0.1, 0.15) is 86.8 Å². The third-order valence-corrected chi connectivity index (χ3v) is 9.02. The first-order valence-electron chi connectivity index (χ1n) is 18.4. The molecule has 0 atom stereocenters. The first-order valence-corrected chi connectivity index (χ1v) is 26.7. The molecule has 0 aromatic heterocycles. The van der Waals surface area contributed by atoms with Crippen molar-refractivity contribution in [2.45, 2.75) is 106 Å². The molecule has 50 heavy (non-hydrogen) atoms. The van der Waals surface area contributed by atoms with Crippen molar-refractivity contribution >= 4 is 48.1 Å². The average molecular weight is 799 g/mol. The van der Waals surface area contributed by atoms with Gasteiger partial charge < -0.3 is 0 Å². The Morgan fingerprint density at radius 3 is 1.20 bits per heavy atom. The number of hydrogen-bond acceptors (Lipinski definition) is 0. The number of hydrogen-bond donors (Lipinski definition) is 0. The normalized spacial score (nSPS) is 10.4. The topological polar surface area (TPSA) is 0 Å². The van der Waals surface area contributed by atoms with Crippen molar-refractivity contribution in [1.82, 2.24) is 0 Å². The second kappa shape index (κ2) is 22.7. The Bertz CT molecular complexity index is 1740. The maximum atomic E-state index is 4.93. The Morgan fingerprint density at radius 2 is 0.880 bits per heavy atom. The van der Waals surface area contributed by atoms with Gasteiger partial charge in [0.1, 0.15) is 0 Å². The molecule has 0 spiro atoms. The van der Waals surface area contributed by atoms with Gasteiger partial charge in [0, 0.05) is 9.52 Å². The Balaban J connectivity index is 0.000000234. The number of rotatable bonds is 10. The van der Waals surface area contributed by atoms with E-state index in [0.717, 1.165) is 22.4 Å². The molecular weight excluding hydrogens is 743 g/mol. The van der Waals surface area contributed by atoms with Crippen molar-refractivity contribution in [3.05, 3.63) is 130 Å². The SMILES string of the molecule is CCCc1cc2c(-c3ccccc3C)c(CCC)ccc2[cH-]1.CCCc1cc2c(-c3ccccc3C)c(CCC)ccc2[cH-]1.C[Si]C.[Cl][Zr+2][Cl]. The van der Waals surface area contributed by atoms with E-state index in [9.17, 15) is 0 Å². The van der Waals surface area contributed by atoms with Crippen molar-refractivity contribution in [1.29, 1.82) is 0 Å². The molecule has 6 aromatic rings. The van der Waals surface area contributed by atoms with Crippen LogP contribution in [0.5, 0.6) is 0 Å². The summed E-state index contributed by atoms with van der Waals surface area (Å²) in [6, 6.07) is 36.4. The van der Waals surface area contributed by atoms with Crippen LogP contribution in [0.2, 0.25) is 13.1 Å². The fourth-order valence-corrected chi connectivity index (χ4v) is 6.94. The van der Waals surface area contributed by atoms with Crippen molar-refractivity contribution in [2.75, 3.05) is 0 Å². The molecule has 0 aliphatic carbocycles. The van der Waals surface area contributed by atoms with Gasteiger partial charge in [-0.05, 0) is 61.8 Å². The van der Waals surface area contributed by atoms with E-state index < -0.39 is 20.8 Å². The molecule has 6 aromatic carbocycles. The summed E-state index contributed by atoms with van der Waals surface area (Å²) in [4.78, 5) is 0. The van der Waals surface area contributed by atoms with Crippen LogP contribution in [0.15, 0.2) is 97.1 Å². The fourth-order valence-electron chi connectivity index (χ4n) is 6.94. The minimum absolute atomic E-state index is 0.826. The van der Waals surface area contributed by atoms with Gasteiger partial charge >= 0.3 is 37.9 Å². The summed E-state index contributed by atoms with van der Waals surface area (Å²) in [7, 11) is 11.0. The maximum absolute atomic E-state index is 4.93. The standard InChI is InChI=1S/2C22H25.C2H6Si.2ClH.Zr/c2*1-4-8-17-14-19-13-12-18(9-5-2)22(21(19)15-17)20-11-7-6-10-16(20)3;1-3-2;;;/h2*6-7,10-15H,4-5,8-9H2,1-3H3;1-2H3;2*1H;/q2*-1;;;;+4/p-2. The Labute approximate surface area is 325 Å². The van der Waals surface area contributed by atoms with E-state index >= 15 is 0 Å². The van der Waals surface area contributed by atoms with Gasteiger partial charge in [-0.2, -0.15) is 12.1 Å². The van der Waals surface area contributed by atoms with E-state index in [1.165, 1.54) is 116 Å². The number of halogens is 2. The molecular formula is C46H56Cl2SiZr. The van der Waals surface area contributed by atoms with Gasteiger partial charge in [-0.15, -0.1) is 69.1 Å². The van der Waals surface area contributed by atoms with Gasteiger partial charge in [-0.1, -0.05) is 137 Å². The number of fused-ring (bicyclic) bond motifs is 2. The average Bonchev–Trinajstić information content (AvgIpc) is 3.71. The van der Waals surface area contributed by atoms with Crippen LogP contribution in [-0.4, -0.2) is 9.52 Å². The van der Waals surface area contributed by atoms with Crippen molar-refractivity contribution in [3.63, 3.8) is 0 Å². The summed E-state index contributed by atoms with van der Waals surface area (Å²) in [6.07, 6.45) is 9.42. The van der Waals surface area contributed by atoms with Crippen molar-refractivity contribution < 1.29 is 20.8 Å². The Hall–Kier alpha value is -2.22. The van der Waals surface area contributed by atoms with Crippen LogP contribution >= 0.6 is 17.0 Å². The van der Waals surface area contributed by atoms with Gasteiger partial charge in [-0.25, -0.2) is 0 Å². The van der Waals surface area contributed by atoms with Crippen LogP contribution in [0, 0.1) is 13.8 Å². The van der Waals surface area contributed by atoms with Crippen LogP contribution in [0.25, 0.3) is 43.8 Å². The molecule has 0 nitrogen and oxygen atoms in total. The molecule has 0 saturated carbocycles. The Morgan fingerprint density at radius 1 is 0.540 bits per heavy atom. The van der Waals surface area contributed by atoms with E-state index in [0.29, 0.717) is 0 Å². The fraction of sp³-hybridized carbons (Fsp3) is 0.348. The zero-order valence-corrected chi connectivity index (χ0v) is 36.6. The minimum atomic E-state index is -0.826. The Kier molecular flexibility index (Phi) is 19.1. The molecule has 0 heterocycles. The zero-order chi connectivity index (χ0) is 36.5. The first kappa shape index (κ1) is 42.2. The molecule has 262 valence electrons. The third-order valence-electron chi connectivity index (χ3n) is 9.02. The van der Waals surface area contributed by atoms with E-state index in [4.69, 9.17) is 17.0 Å². The van der Waals surface area contributed by atoms with Gasteiger partial charge in [-0.3, -0.25) is 0 Å².